The van der Waals surface area contributed by atoms with Crippen LogP contribution in [0.25, 0.3) is 0 Å². The van der Waals surface area contributed by atoms with E-state index in [2.05, 4.69) is 5.32 Å². The highest BCUT2D eigenvalue weighted by molar-refractivity contribution is 5.84. The van der Waals surface area contributed by atoms with Crippen LogP contribution in [0, 0.1) is 0 Å². The minimum absolute atomic E-state index is 0.0473. The summed E-state index contributed by atoms with van der Waals surface area (Å²) < 4.78 is 0. The summed E-state index contributed by atoms with van der Waals surface area (Å²) in [6.07, 6.45) is 0.703. The number of amides is 1. The fourth-order valence-corrected chi connectivity index (χ4v) is 1.66. The summed E-state index contributed by atoms with van der Waals surface area (Å²) in [4.78, 5) is 12.0. The van der Waals surface area contributed by atoms with Gasteiger partial charge in [-0.25, -0.2) is 0 Å². The van der Waals surface area contributed by atoms with Crippen LogP contribution in [-0.2, 0) is 4.79 Å². The molecule has 1 unspecified atom stereocenters. The van der Waals surface area contributed by atoms with Gasteiger partial charge in [0.15, 0.2) is 0 Å². The predicted molar refractivity (Wildman–Crippen MR) is 67.5 cm³/mol. The molecule has 2 atom stereocenters. The first kappa shape index (κ1) is 13.7. The fraction of sp³-hybridized carbons (Fsp3) is 0.462. The van der Waals surface area contributed by atoms with Crippen molar-refractivity contribution in [2.75, 3.05) is 13.2 Å². The van der Waals surface area contributed by atoms with Crippen molar-refractivity contribution in [3.63, 3.8) is 0 Å². The monoisotopic (exact) mass is 236 g/mol. The molecule has 0 aliphatic rings. The molecular formula is C13H20N2O2. The van der Waals surface area contributed by atoms with E-state index < -0.39 is 0 Å². The van der Waals surface area contributed by atoms with Crippen LogP contribution < -0.4 is 11.1 Å². The molecule has 1 aromatic carbocycles. The fourth-order valence-electron chi connectivity index (χ4n) is 1.66. The predicted octanol–water partition coefficient (Wildman–Crippen LogP) is 0.616. The third-order valence-corrected chi connectivity index (χ3v) is 2.81. The third kappa shape index (κ3) is 3.84. The SMILES string of the molecule is CC[C@H](CO)NC(=O)C(CN)c1ccccc1. The van der Waals surface area contributed by atoms with Crippen molar-refractivity contribution in [2.45, 2.75) is 25.3 Å². The van der Waals surface area contributed by atoms with Gasteiger partial charge in [0.1, 0.15) is 0 Å². The van der Waals surface area contributed by atoms with Gasteiger partial charge in [-0.05, 0) is 12.0 Å². The van der Waals surface area contributed by atoms with Crippen molar-refractivity contribution in [3.05, 3.63) is 35.9 Å². The summed E-state index contributed by atoms with van der Waals surface area (Å²) in [6, 6.07) is 9.25. The van der Waals surface area contributed by atoms with Gasteiger partial charge in [-0.15, -0.1) is 0 Å². The molecule has 94 valence electrons. The molecule has 0 heterocycles. The lowest BCUT2D eigenvalue weighted by Gasteiger charge is -2.19. The molecule has 1 amide bonds. The third-order valence-electron chi connectivity index (χ3n) is 2.81. The Morgan fingerprint density at radius 3 is 2.53 bits per heavy atom. The highest BCUT2D eigenvalue weighted by Gasteiger charge is 2.20. The van der Waals surface area contributed by atoms with E-state index in [9.17, 15) is 4.79 Å². The van der Waals surface area contributed by atoms with Crippen molar-refractivity contribution >= 4 is 5.91 Å². The van der Waals surface area contributed by atoms with Crippen molar-refractivity contribution in [3.8, 4) is 0 Å². The average molecular weight is 236 g/mol. The molecule has 0 saturated heterocycles. The quantitative estimate of drug-likeness (QED) is 0.677. The van der Waals surface area contributed by atoms with Crippen LogP contribution in [0.2, 0.25) is 0 Å². The summed E-state index contributed by atoms with van der Waals surface area (Å²) in [5.41, 5.74) is 6.54. The molecule has 0 radical (unpaired) electrons. The Bertz CT molecular complexity index is 337. The maximum Gasteiger partial charge on any atom is 0.229 e. The van der Waals surface area contributed by atoms with Gasteiger partial charge in [0.05, 0.1) is 18.6 Å². The maximum atomic E-state index is 12.0. The number of aliphatic hydroxyl groups excluding tert-OH is 1. The molecule has 0 aliphatic heterocycles. The van der Waals surface area contributed by atoms with Crippen LogP contribution in [0.1, 0.15) is 24.8 Å². The van der Waals surface area contributed by atoms with E-state index >= 15 is 0 Å². The first-order chi connectivity index (χ1) is 8.22. The normalized spacial score (nSPS) is 14.1. The van der Waals surface area contributed by atoms with E-state index in [1.807, 2.05) is 37.3 Å². The van der Waals surface area contributed by atoms with E-state index in [1.54, 1.807) is 0 Å². The lowest BCUT2D eigenvalue weighted by molar-refractivity contribution is -0.123. The number of hydrogen-bond acceptors (Lipinski definition) is 3. The Morgan fingerprint density at radius 1 is 1.41 bits per heavy atom. The number of rotatable bonds is 6. The number of hydrogen-bond donors (Lipinski definition) is 3. The first-order valence-electron chi connectivity index (χ1n) is 5.89. The van der Waals surface area contributed by atoms with Crippen molar-refractivity contribution in [1.29, 1.82) is 0 Å². The second-order valence-corrected chi connectivity index (χ2v) is 4.00. The van der Waals surface area contributed by atoms with Gasteiger partial charge in [-0.3, -0.25) is 4.79 Å². The summed E-state index contributed by atoms with van der Waals surface area (Å²) >= 11 is 0. The second-order valence-electron chi connectivity index (χ2n) is 4.00. The lowest BCUT2D eigenvalue weighted by Crippen LogP contribution is -2.41. The molecular weight excluding hydrogens is 216 g/mol. The molecule has 1 rings (SSSR count). The highest BCUT2D eigenvalue weighted by atomic mass is 16.3. The Hall–Kier alpha value is -1.39. The zero-order valence-corrected chi connectivity index (χ0v) is 10.1. The highest BCUT2D eigenvalue weighted by Crippen LogP contribution is 2.14. The van der Waals surface area contributed by atoms with Crippen LogP contribution >= 0.6 is 0 Å². The Kier molecular flexibility index (Phi) is 5.66. The lowest BCUT2D eigenvalue weighted by atomic mass is 9.98. The average Bonchev–Trinajstić information content (AvgIpc) is 2.38. The summed E-state index contributed by atoms with van der Waals surface area (Å²) in [5.74, 6) is -0.476. The molecule has 4 nitrogen and oxygen atoms in total. The standard InChI is InChI=1S/C13H20N2O2/c1-2-11(9-16)15-13(17)12(8-14)10-6-4-3-5-7-10/h3-7,11-12,16H,2,8-9,14H2,1H3,(H,15,17)/t11-,12?/m1/s1. The van der Waals surface area contributed by atoms with Gasteiger partial charge in [0, 0.05) is 6.54 Å². The molecule has 0 aromatic heterocycles. The van der Waals surface area contributed by atoms with Gasteiger partial charge >= 0.3 is 0 Å². The van der Waals surface area contributed by atoms with Crippen molar-refractivity contribution < 1.29 is 9.90 Å². The number of nitrogens with one attached hydrogen (secondary N) is 1. The van der Waals surface area contributed by atoms with Crippen LogP contribution in [-0.4, -0.2) is 30.2 Å². The molecule has 1 aromatic rings. The maximum absolute atomic E-state index is 12.0. The Labute approximate surface area is 102 Å². The summed E-state index contributed by atoms with van der Waals surface area (Å²) in [7, 11) is 0. The molecule has 4 heteroatoms. The molecule has 0 saturated carbocycles. The van der Waals surface area contributed by atoms with Crippen molar-refractivity contribution in [1.82, 2.24) is 5.32 Å². The van der Waals surface area contributed by atoms with Gasteiger partial charge < -0.3 is 16.2 Å². The van der Waals surface area contributed by atoms with E-state index in [0.717, 1.165) is 5.56 Å². The number of aliphatic hydroxyl groups is 1. The summed E-state index contributed by atoms with van der Waals surface area (Å²) in [5, 5.41) is 11.9. The second kappa shape index (κ2) is 7.04. The van der Waals surface area contributed by atoms with Crippen LogP contribution in [0.4, 0.5) is 0 Å². The Balaban J connectivity index is 2.71. The van der Waals surface area contributed by atoms with Gasteiger partial charge in [-0.1, -0.05) is 37.3 Å². The van der Waals surface area contributed by atoms with Crippen LogP contribution in [0.3, 0.4) is 0 Å². The van der Waals surface area contributed by atoms with Gasteiger partial charge in [-0.2, -0.15) is 0 Å². The number of carbonyl (C=O) groups excluding carboxylic acids is 1. The molecule has 0 fully saturated rings. The minimum Gasteiger partial charge on any atom is -0.394 e. The first-order valence-corrected chi connectivity index (χ1v) is 5.89. The summed E-state index contributed by atoms with van der Waals surface area (Å²) in [6.45, 7) is 2.13. The number of carbonyl (C=O) groups is 1. The topological polar surface area (TPSA) is 75.3 Å². The van der Waals surface area contributed by atoms with Gasteiger partial charge in [0.25, 0.3) is 0 Å². The molecule has 4 N–H and O–H groups in total. The number of nitrogens with two attached hydrogens (primary N) is 1. The number of benzene rings is 1. The van der Waals surface area contributed by atoms with E-state index in [4.69, 9.17) is 10.8 Å². The van der Waals surface area contributed by atoms with Crippen LogP contribution in [0.5, 0.6) is 0 Å². The zero-order valence-electron chi connectivity index (χ0n) is 10.1. The molecule has 0 spiro atoms. The molecule has 0 bridgehead atoms. The largest absolute Gasteiger partial charge is 0.394 e. The van der Waals surface area contributed by atoms with Crippen molar-refractivity contribution in [2.24, 2.45) is 5.73 Å². The van der Waals surface area contributed by atoms with Crippen LogP contribution in [0.15, 0.2) is 30.3 Å². The molecule has 17 heavy (non-hydrogen) atoms. The smallest absolute Gasteiger partial charge is 0.229 e. The zero-order chi connectivity index (χ0) is 12.7. The van der Waals surface area contributed by atoms with E-state index in [0.29, 0.717) is 6.42 Å². The molecule has 0 aliphatic carbocycles. The van der Waals surface area contributed by atoms with Gasteiger partial charge in [0.2, 0.25) is 5.91 Å². The van der Waals surface area contributed by atoms with E-state index in [1.165, 1.54) is 0 Å². The minimum atomic E-state index is -0.350. The Morgan fingerprint density at radius 2 is 2.06 bits per heavy atom. The van der Waals surface area contributed by atoms with E-state index in [-0.39, 0.29) is 31.0 Å².